The Balaban J connectivity index is 2.53. The average molecular weight is 547 g/mol. The van der Waals surface area contributed by atoms with Crippen molar-refractivity contribution in [3.8, 4) is 5.88 Å². The highest BCUT2D eigenvalue weighted by Gasteiger charge is 2.50. The lowest BCUT2D eigenvalue weighted by Crippen LogP contribution is -2.49. The summed E-state index contributed by atoms with van der Waals surface area (Å²) < 4.78 is 33.6. The normalized spacial score (nSPS) is 24.5. The quantitative estimate of drug-likeness (QED) is 0.384. The van der Waals surface area contributed by atoms with Gasteiger partial charge in [0.1, 0.15) is 18.3 Å². The van der Waals surface area contributed by atoms with Crippen molar-refractivity contribution in [2.75, 3.05) is 6.61 Å². The molecule has 0 N–H and O–H groups in total. The molecule has 1 aromatic heterocycles. The number of aryl methyl sites for hydroxylation is 1. The van der Waals surface area contributed by atoms with Crippen LogP contribution in [0, 0.1) is 6.92 Å². The minimum Gasteiger partial charge on any atom is -0.531 e. The van der Waals surface area contributed by atoms with Gasteiger partial charge >= 0.3 is 5.69 Å². The van der Waals surface area contributed by atoms with E-state index in [4.69, 9.17) is 22.4 Å². The van der Waals surface area contributed by atoms with Crippen LogP contribution in [0.4, 0.5) is 0 Å². The molecule has 12 heteroatoms. The van der Waals surface area contributed by atoms with Crippen molar-refractivity contribution in [1.29, 1.82) is 0 Å². The highest BCUT2D eigenvalue weighted by molar-refractivity contribution is 6.71. The highest BCUT2D eigenvalue weighted by Crippen LogP contribution is 2.37. The van der Waals surface area contributed by atoms with Gasteiger partial charge < -0.3 is 22.4 Å². The van der Waals surface area contributed by atoms with Gasteiger partial charge in [-0.3, -0.25) is 4.57 Å². The van der Waals surface area contributed by atoms with Crippen LogP contribution in [0.3, 0.4) is 0 Å². The van der Waals surface area contributed by atoms with Gasteiger partial charge in [-0.15, -0.1) is 0 Å². The largest absolute Gasteiger partial charge is 0.531 e. The second-order valence-electron chi connectivity index (χ2n) is 13.0. The van der Waals surface area contributed by atoms with Crippen LogP contribution >= 0.6 is 0 Å². The van der Waals surface area contributed by atoms with Gasteiger partial charge in [0.2, 0.25) is 14.2 Å². The SMILES string of the molecule is Cc1cn(C2OC(CO[Si](C)(C)C)C(O[Si](C)(C)C)C2O[Si](C)(C)C)c(=O)nc1O[Si](C)(C)C. The van der Waals surface area contributed by atoms with Crippen molar-refractivity contribution in [2.24, 2.45) is 0 Å². The van der Waals surface area contributed by atoms with E-state index in [0.717, 1.165) is 5.56 Å². The third-order valence-corrected chi connectivity index (χ3v) is 8.51. The minimum atomic E-state index is -2.01. The van der Waals surface area contributed by atoms with Gasteiger partial charge in [0.05, 0.1) is 6.61 Å². The summed E-state index contributed by atoms with van der Waals surface area (Å²) in [4.78, 5) is 17.5. The van der Waals surface area contributed by atoms with Crippen LogP contribution in [0.5, 0.6) is 5.88 Å². The van der Waals surface area contributed by atoms with Gasteiger partial charge in [0.15, 0.2) is 31.2 Å². The summed E-state index contributed by atoms with van der Waals surface area (Å²) >= 11 is 0. The molecule has 4 atom stereocenters. The summed E-state index contributed by atoms with van der Waals surface area (Å²) in [5, 5.41) is 0. The zero-order chi connectivity index (χ0) is 26.3. The molecule has 0 bridgehead atoms. The van der Waals surface area contributed by atoms with Crippen LogP contribution in [0.1, 0.15) is 11.8 Å². The second-order valence-corrected chi connectivity index (χ2v) is 30.9. The molecule has 1 saturated heterocycles. The lowest BCUT2D eigenvalue weighted by atomic mass is 10.1. The topological polar surface area (TPSA) is 81.0 Å². The number of nitrogens with zero attached hydrogens (tertiary/aromatic N) is 2. The molecule has 2 rings (SSSR count). The number of hydrogen-bond donors (Lipinski definition) is 0. The fourth-order valence-corrected chi connectivity index (χ4v) is 7.23. The summed E-state index contributed by atoms with van der Waals surface area (Å²) in [7, 11) is -7.66. The molecule has 1 aromatic rings. The van der Waals surface area contributed by atoms with Crippen molar-refractivity contribution < 1.29 is 22.4 Å². The first-order valence-electron chi connectivity index (χ1n) is 12.1. The van der Waals surface area contributed by atoms with E-state index in [1.54, 1.807) is 10.8 Å². The zero-order valence-electron chi connectivity index (χ0n) is 23.4. The Labute approximate surface area is 209 Å². The van der Waals surface area contributed by atoms with Crippen LogP contribution in [0.2, 0.25) is 78.6 Å². The van der Waals surface area contributed by atoms with E-state index in [2.05, 4.69) is 83.5 Å². The third-order valence-electron chi connectivity index (χ3n) is 4.71. The predicted octanol–water partition coefficient (Wildman–Crippen LogP) is 4.95. The Hall–Kier alpha value is -0.612. The Bertz CT molecular complexity index is 899. The van der Waals surface area contributed by atoms with Crippen LogP contribution in [0.25, 0.3) is 0 Å². The fourth-order valence-electron chi connectivity index (χ4n) is 3.61. The molecule has 0 radical (unpaired) electrons. The fraction of sp³-hybridized carbons (Fsp3) is 0.818. The summed E-state index contributed by atoms with van der Waals surface area (Å²) in [5.41, 5.74) is 0.383. The Morgan fingerprint density at radius 2 is 1.38 bits per heavy atom. The molecular weight excluding hydrogens is 501 g/mol. The Morgan fingerprint density at radius 3 is 1.85 bits per heavy atom. The van der Waals surface area contributed by atoms with Gasteiger partial charge in [-0.1, -0.05) is 0 Å². The molecule has 1 fully saturated rings. The van der Waals surface area contributed by atoms with Gasteiger partial charge in [-0.2, -0.15) is 4.98 Å². The highest BCUT2D eigenvalue weighted by atomic mass is 28.4. The molecule has 8 nitrogen and oxygen atoms in total. The molecule has 1 aliphatic heterocycles. The molecule has 34 heavy (non-hydrogen) atoms. The number of rotatable bonds is 10. The number of aromatic nitrogens is 2. The van der Waals surface area contributed by atoms with Gasteiger partial charge in [-0.05, 0) is 85.5 Å². The molecular formula is C22H46N2O6Si4. The first kappa shape index (κ1) is 29.6. The molecule has 1 aliphatic rings. The minimum absolute atomic E-state index is 0.329. The summed E-state index contributed by atoms with van der Waals surface area (Å²) in [5.74, 6) is 0.398. The smallest absolute Gasteiger partial charge is 0.353 e. The Morgan fingerprint density at radius 1 is 0.853 bits per heavy atom. The maximum Gasteiger partial charge on any atom is 0.353 e. The second kappa shape index (κ2) is 10.4. The van der Waals surface area contributed by atoms with Crippen LogP contribution in [-0.4, -0.2) is 67.7 Å². The average Bonchev–Trinajstić information content (AvgIpc) is 2.88. The molecule has 0 aliphatic carbocycles. The Kier molecular flexibility index (Phi) is 9.06. The van der Waals surface area contributed by atoms with Crippen molar-refractivity contribution in [3.05, 3.63) is 22.2 Å². The van der Waals surface area contributed by atoms with Crippen molar-refractivity contribution in [1.82, 2.24) is 9.55 Å². The lowest BCUT2D eigenvalue weighted by molar-refractivity contribution is -0.0498. The van der Waals surface area contributed by atoms with Gasteiger partial charge in [0.25, 0.3) is 0 Å². The molecule has 0 amide bonds. The summed E-state index contributed by atoms with van der Waals surface area (Å²) in [6.07, 6.45) is 0.0302. The van der Waals surface area contributed by atoms with E-state index in [1.807, 2.05) is 6.92 Å². The standard InChI is InChI=1S/C22H46N2O6Si4/c1-16-14-24(22(25)23-20(16)30-34(11,12)13)21-19(29-33(8,9)10)18(28-32(5,6)7)17(27-21)15-26-31(2,3)4/h14,17-19,21H,15H2,1-13H3. The van der Waals surface area contributed by atoms with Crippen molar-refractivity contribution in [3.63, 3.8) is 0 Å². The third kappa shape index (κ3) is 9.12. The van der Waals surface area contributed by atoms with E-state index < -0.39 is 51.3 Å². The van der Waals surface area contributed by atoms with E-state index >= 15 is 0 Å². The van der Waals surface area contributed by atoms with Crippen LogP contribution in [-0.2, 0) is 18.0 Å². The predicted molar refractivity (Wildman–Crippen MR) is 147 cm³/mol. The van der Waals surface area contributed by atoms with Gasteiger partial charge in [-0.25, -0.2) is 4.79 Å². The maximum absolute atomic E-state index is 13.2. The van der Waals surface area contributed by atoms with E-state index in [1.165, 1.54) is 0 Å². The lowest BCUT2D eigenvalue weighted by Gasteiger charge is -2.34. The monoisotopic (exact) mass is 546 g/mol. The zero-order valence-corrected chi connectivity index (χ0v) is 27.4. The summed E-state index contributed by atoms with van der Waals surface area (Å²) in [6.45, 7) is 27.9. The molecule has 0 saturated carbocycles. The molecule has 196 valence electrons. The molecule has 2 heterocycles. The molecule has 0 spiro atoms. The van der Waals surface area contributed by atoms with Crippen molar-refractivity contribution in [2.45, 2.75) is 110 Å². The van der Waals surface area contributed by atoms with Crippen LogP contribution < -0.4 is 10.1 Å². The molecule has 0 aromatic carbocycles. The number of hydrogen-bond acceptors (Lipinski definition) is 7. The van der Waals surface area contributed by atoms with Gasteiger partial charge in [0, 0.05) is 11.8 Å². The molecule has 4 unspecified atom stereocenters. The number of ether oxygens (including phenoxy) is 1. The van der Waals surface area contributed by atoms with E-state index in [9.17, 15) is 4.79 Å². The van der Waals surface area contributed by atoms with E-state index in [0.29, 0.717) is 12.5 Å². The maximum atomic E-state index is 13.2. The van der Waals surface area contributed by atoms with Crippen LogP contribution in [0.15, 0.2) is 11.0 Å². The van der Waals surface area contributed by atoms with E-state index in [-0.39, 0.29) is 12.2 Å². The summed E-state index contributed by atoms with van der Waals surface area (Å²) in [6, 6.07) is 0. The first-order valence-corrected chi connectivity index (χ1v) is 25.7. The van der Waals surface area contributed by atoms with Crippen molar-refractivity contribution >= 4 is 33.3 Å². The first-order chi connectivity index (χ1) is 15.2.